The molecule has 1 amide bonds. The average Bonchev–Trinajstić information content (AvgIpc) is 3.08. The minimum absolute atomic E-state index is 0.0936. The van der Waals surface area contributed by atoms with Crippen LogP contribution in [0.25, 0.3) is 0 Å². The number of hydrogen-bond donors (Lipinski definition) is 2. The van der Waals surface area contributed by atoms with Crippen LogP contribution in [0.4, 0.5) is 5.13 Å². The number of rotatable bonds is 7. The Labute approximate surface area is 111 Å². The van der Waals surface area contributed by atoms with E-state index in [0.29, 0.717) is 28.9 Å². The van der Waals surface area contributed by atoms with Crippen LogP contribution in [-0.2, 0) is 4.74 Å². The number of anilines is 1. The van der Waals surface area contributed by atoms with E-state index in [4.69, 9.17) is 10.5 Å². The standard InChI is InChI=1S/C12H19N3O2S/c1-8-10(18-12(13)15-8)11(16)14-5-2-6-17-7-9-3-4-9/h9H,2-7H2,1H3,(H2,13,15)(H,14,16). The summed E-state index contributed by atoms with van der Waals surface area (Å²) in [6, 6.07) is 0. The molecule has 0 unspecified atom stereocenters. The first kappa shape index (κ1) is 13.3. The SMILES string of the molecule is Cc1nc(N)sc1C(=O)NCCCOCC1CC1. The van der Waals surface area contributed by atoms with Gasteiger partial charge in [0.25, 0.3) is 5.91 Å². The lowest BCUT2D eigenvalue weighted by Crippen LogP contribution is -2.25. The lowest BCUT2D eigenvalue weighted by molar-refractivity contribution is 0.0940. The maximum absolute atomic E-state index is 11.8. The molecule has 1 saturated carbocycles. The molecule has 0 radical (unpaired) electrons. The van der Waals surface area contributed by atoms with Crippen molar-refractivity contribution < 1.29 is 9.53 Å². The molecule has 1 aromatic rings. The number of aryl methyl sites for hydroxylation is 1. The second-order valence-electron chi connectivity index (χ2n) is 4.59. The maximum atomic E-state index is 11.8. The molecule has 2 rings (SSSR count). The molecule has 0 spiro atoms. The number of carbonyl (C=O) groups excluding carboxylic acids is 1. The Hall–Kier alpha value is -1.14. The first-order chi connectivity index (χ1) is 8.66. The minimum Gasteiger partial charge on any atom is -0.381 e. The number of amides is 1. The van der Waals surface area contributed by atoms with Crippen LogP contribution in [0.5, 0.6) is 0 Å². The Morgan fingerprint density at radius 1 is 1.61 bits per heavy atom. The number of nitrogens with two attached hydrogens (primary N) is 1. The van der Waals surface area contributed by atoms with Gasteiger partial charge in [-0.3, -0.25) is 4.79 Å². The number of nitrogen functional groups attached to an aromatic ring is 1. The van der Waals surface area contributed by atoms with Gasteiger partial charge in [-0.1, -0.05) is 11.3 Å². The van der Waals surface area contributed by atoms with Gasteiger partial charge in [0, 0.05) is 19.8 Å². The monoisotopic (exact) mass is 269 g/mol. The molecule has 100 valence electrons. The lowest BCUT2D eigenvalue weighted by atomic mass is 10.3. The van der Waals surface area contributed by atoms with Gasteiger partial charge in [-0.25, -0.2) is 4.98 Å². The Morgan fingerprint density at radius 3 is 3.00 bits per heavy atom. The minimum atomic E-state index is -0.0936. The summed E-state index contributed by atoms with van der Waals surface area (Å²) >= 11 is 1.23. The number of carbonyl (C=O) groups is 1. The summed E-state index contributed by atoms with van der Waals surface area (Å²) in [4.78, 5) is 16.4. The molecule has 0 aromatic carbocycles. The second-order valence-corrected chi connectivity index (χ2v) is 5.63. The molecule has 1 aliphatic carbocycles. The maximum Gasteiger partial charge on any atom is 0.263 e. The van der Waals surface area contributed by atoms with Gasteiger partial charge >= 0.3 is 0 Å². The molecule has 1 fully saturated rings. The molecule has 0 aliphatic heterocycles. The van der Waals surface area contributed by atoms with E-state index in [2.05, 4.69) is 10.3 Å². The van der Waals surface area contributed by atoms with Crippen molar-refractivity contribution in [3.05, 3.63) is 10.6 Å². The summed E-state index contributed by atoms with van der Waals surface area (Å²) in [6.07, 6.45) is 3.46. The summed E-state index contributed by atoms with van der Waals surface area (Å²) in [7, 11) is 0. The van der Waals surface area contributed by atoms with Crippen molar-refractivity contribution in [3.63, 3.8) is 0 Å². The Bertz CT molecular complexity index is 415. The molecule has 1 aliphatic rings. The van der Waals surface area contributed by atoms with Crippen molar-refractivity contribution in [2.75, 3.05) is 25.5 Å². The van der Waals surface area contributed by atoms with Crippen molar-refractivity contribution >= 4 is 22.4 Å². The van der Waals surface area contributed by atoms with Crippen molar-refractivity contribution in [2.45, 2.75) is 26.2 Å². The summed E-state index contributed by atoms with van der Waals surface area (Å²) in [5.41, 5.74) is 6.25. The summed E-state index contributed by atoms with van der Waals surface area (Å²) in [5, 5.41) is 3.29. The molecule has 0 bridgehead atoms. The van der Waals surface area contributed by atoms with Gasteiger partial charge in [0.1, 0.15) is 4.88 Å². The van der Waals surface area contributed by atoms with E-state index in [1.54, 1.807) is 6.92 Å². The van der Waals surface area contributed by atoms with E-state index >= 15 is 0 Å². The smallest absolute Gasteiger partial charge is 0.263 e. The van der Waals surface area contributed by atoms with Crippen LogP contribution < -0.4 is 11.1 Å². The summed E-state index contributed by atoms with van der Waals surface area (Å²) in [6.45, 7) is 4.00. The van der Waals surface area contributed by atoms with Crippen molar-refractivity contribution in [3.8, 4) is 0 Å². The van der Waals surface area contributed by atoms with E-state index in [-0.39, 0.29) is 5.91 Å². The van der Waals surface area contributed by atoms with Crippen LogP contribution in [0.2, 0.25) is 0 Å². The highest BCUT2D eigenvalue weighted by Crippen LogP contribution is 2.28. The average molecular weight is 269 g/mol. The van der Waals surface area contributed by atoms with Gasteiger partial charge in [-0.05, 0) is 32.1 Å². The molecular formula is C12H19N3O2S. The van der Waals surface area contributed by atoms with E-state index in [1.807, 2.05) is 0 Å². The molecule has 3 N–H and O–H groups in total. The van der Waals surface area contributed by atoms with Crippen molar-refractivity contribution in [1.29, 1.82) is 0 Å². The fourth-order valence-corrected chi connectivity index (χ4v) is 2.37. The van der Waals surface area contributed by atoms with E-state index < -0.39 is 0 Å². The number of nitrogens with one attached hydrogen (secondary N) is 1. The van der Waals surface area contributed by atoms with Crippen molar-refractivity contribution in [2.24, 2.45) is 5.92 Å². The fourth-order valence-electron chi connectivity index (χ4n) is 1.62. The Kier molecular flexibility index (Phi) is 4.54. The van der Waals surface area contributed by atoms with Gasteiger partial charge in [-0.15, -0.1) is 0 Å². The molecule has 18 heavy (non-hydrogen) atoms. The first-order valence-corrected chi connectivity index (χ1v) is 7.07. The zero-order valence-electron chi connectivity index (χ0n) is 10.6. The van der Waals surface area contributed by atoms with Crippen molar-refractivity contribution in [1.82, 2.24) is 10.3 Å². The third-order valence-electron chi connectivity index (χ3n) is 2.82. The van der Waals surface area contributed by atoms with Crippen LogP contribution in [0.1, 0.15) is 34.6 Å². The Morgan fingerprint density at radius 2 is 2.39 bits per heavy atom. The van der Waals surface area contributed by atoms with Crippen LogP contribution in [0.15, 0.2) is 0 Å². The molecule has 0 atom stereocenters. The number of nitrogens with zero attached hydrogens (tertiary/aromatic N) is 1. The number of aromatic nitrogens is 1. The van der Waals surface area contributed by atoms with Gasteiger partial charge in [0.05, 0.1) is 5.69 Å². The summed E-state index contributed by atoms with van der Waals surface area (Å²) < 4.78 is 5.49. The number of hydrogen-bond acceptors (Lipinski definition) is 5. The zero-order chi connectivity index (χ0) is 13.0. The Balaban J connectivity index is 1.60. The largest absolute Gasteiger partial charge is 0.381 e. The van der Waals surface area contributed by atoms with Gasteiger partial charge in [0.15, 0.2) is 5.13 Å². The van der Waals surface area contributed by atoms with E-state index in [9.17, 15) is 4.79 Å². The first-order valence-electron chi connectivity index (χ1n) is 6.25. The third kappa shape index (κ3) is 3.96. The van der Waals surface area contributed by atoms with Gasteiger partial charge in [0.2, 0.25) is 0 Å². The molecule has 1 heterocycles. The van der Waals surface area contributed by atoms with Crippen LogP contribution >= 0.6 is 11.3 Å². The highest BCUT2D eigenvalue weighted by molar-refractivity contribution is 7.17. The molecule has 1 aromatic heterocycles. The van der Waals surface area contributed by atoms with Gasteiger partial charge in [-0.2, -0.15) is 0 Å². The van der Waals surface area contributed by atoms with Gasteiger partial charge < -0.3 is 15.8 Å². The zero-order valence-corrected chi connectivity index (χ0v) is 11.4. The predicted molar refractivity (Wildman–Crippen MR) is 71.8 cm³/mol. The normalized spacial score (nSPS) is 14.7. The summed E-state index contributed by atoms with van der Waals surface area (Å²) in [5.74, 6) is 0.700. The molecule has 5 nitrogen and oxygen atoms in total. The second kappa shape index (κ2) is 6.15. The van der Waals surface area contributed by atoms with Crippen LogP contribution in [0.3, 0.4) is 0 Å². The number of ether oxygens (including phenoxy) is 1. The predicted octanol–water partition coefficient (Wildman–Crippen LogP) is 1.58. The molecule has 6 heteroatoms. The van der Waals surface area contributed by atoms with Crippen LogP contribution in [-0.4, -0.2) is 30.6 Å². The van der Waals surface area contributed by atoms with Crippen LogP contribution in [0, 0.1) is 12.8 Å². The third-order valence-corrected chi connectivity index (χ3v) is 3.81. The highest BCUT2D eigenvalue weighted by Gasteiger charge is 2.20. The topological polar surface area (TPSA) is 77.2 Å². The molecule has 0 saturated heterocycles. The lowest BCUT2D eigenvalue weighted by Gasteiger charge is -2.05. The van der Waals surface area contributed by atoms with E-state index in [1.165, 1.54) is 24.2 Å². The quantitative estimate of drug-likeness (QED) is 0.737. The van der Waals surface area contributed by atoms with E-state index in [0.717, 1.165) is 18.9 Å². The number of thiazole rings is 1. The highest BCUT2D eigenvalue weighted by atomic mass is 32.1. The molecular weight excluding hydrogens is 250 g/mol. The fraction of sp³-hybridized carbons (Fsp3) is 0.667.